The molecule has 3 aromatic rings. The van der Waals surface area contributed by atoms with Gasteiger partial charge in [0.15, 0.2) is 0 Å². The predicted octanol–water partition coefficient (Wildman–Crippen LogP) is 3.44. The number of fused-ring (bicyclic) bond motifs is 1. The van der Waals surface area contributed by atoms with Crippen molar-refractivity contribution in [1.29, 1.82) is 0 Å². The third kappa shape index (κ3) is 2.40. The van der Waals surface area contributed by atoms with Gasteiger partial charge in [0.05, 0.1) is 5.52 Å². The zero-order chi connectivity index (χ0) is 13.9. The first kappa shape index (κ1) is 12.4. The Morgan fingerprint density at radius 1 is 0.950 bits per heavy atom. The number of pyridine rings is 2. The van der Waals surface area contributed by atoms with Crippen LogP contribution in [0.3, 0.4) is 0 Å². The Bertz CT molecular complexity index is 723. The average Bonchev–Trinajstić information content (AvgIpc) is 2.47. The van der Waals surface area contributed by atoms with Crippen LogP contribution >= 0.6 is 0 Å². The van der Waals surface area contributed by atoms with Gasteiger partial charge in [0.25, 0.3) is 0 Å². The third-order valence-electron chi connectivity index (χ3n) is 3.14. The minimum atomic E-state index is 0.829. The van der Waals surface area contributed by atoms with Crippen LogP contribution < -0.4 is 10.2 Å². The lowest BCUT2D eigenvalue weighted by Gasteiger charge is -2.15. The summed E-state index contributed by atoms with van der Waals surface area (Å²) in [5.74, 6) is 0.829. The van der Waals surface area contributed by atoms with E-state index in [-0.39, 0.29) is 0 Å². The van der Waals surface area contributed by atoms with Crippen molar-refractivity contribution in [2.75, 3.05) is 24.3 Å². The van der Waals surface area contributed by atoms with Crippen LogP contribution in [0.1, 0.15) is 0 Å². The van der Waals surface area contributed by atoms with Crippen LogP contribution in [0.5, 0.6) is 0 Å². The molecule has 2 aromatic heterocycles. The molecule has 0 aliphatic heterocycles. The van der Waals surface area contributed by atoms with Crippen molar-refractivity contribution in [2.24, 2.45) is 0 Å². The molecule has 0 aliphatic rings. The van der Waals surface area contributed by atoms with Crippen molar-refractivity contribution in [3.05, 3.63) is 54.9 Å². The molecule has 100 valence electrons. The summed E-state index contributed by atoms with van der Waals surface area (Å²) in [6.45, 7) is 0. The molecule has 20 heavy (non-hydrogen) atoms. The average molecular weight is 264 g/mol. The van der Waals surface area contributed by atoms with E-state index in [2.05, 4.69) is 26.3 Å². The second kappa shape index (κ2) is 5.17. The van der Waals surface area contributed by atoms with Gasteiger partial charge in [-0.3, -0.25) is 4.98 Å². The summed E-state index contributed by atoms with van der Waals surface area (Å²) in [5, 5.41) is 4.42. The Morgan fingerprint density at radius 3 is 2.60 bits per heavy atom. The first-order valence-electron chi connectivity index (χ1n) is 6.48. The van der Waals surface area contributed by atoms with Crippen LogP contribution in [-0.2, 0) is 0 Å². The van der Waals surface area contributed by atoms with Gasteiger partial charge in [0, 0.05) is 43.3 Å². The molecule has 3 rings (SSSR count). The topological polar surface area (TPSA) is 41.1 Å². The summed E-state index contributed by atoms with van der Waals surface area (Å²) in [6.07, 6.45) is 3.61. The van der Waals surface area contributed by atoms with E-state index in [0.717, 1.165) is 22.4 Å². The van der Waals surface area contributed by atoms with Crippen molar-refractivity contribution < 1.29 is 0 Å². The summed E-state index contributed by atoms with van der Waals surface area (Å²) in [4.78, 5) is 10.8. The Morgan fingerprint density at radius 2 is 1.85 bits per heavy atom. The van der Waals surface area contributed by atoms with Crippen molar-refractivity contribution in [3.8, 4) is 0 Å². The van der Waals surface area contributed by atoms with Crippen LogP contribution in [0.4, 0.5) is 17.2 Å². The zero-order valence-electron chi connectivity index (χ0n) is 11.5. The third-order valence-corrected chi connectivity index (χ3v) is 3.14. The van der Waals surface area contributed by atoms with Gasteiger partial charge in [0.1, 0.15) is 5.82 Å². The number of hydrogen-bond donors (Lipinski definition) is 1. The second-order valence-electron chi connectivity index (χ2n) is 4.80. The molecule has 0 saturated heterocycles. The summed E-state index contributed by atoms with van der Waals surface area (Å²) >= 11 is 0. The Balaban J connectivity index is 1.99. The van der Waals surface area contributed by atoms with Gasteiger partial charge < -0.3 is 10.2 Å². The number of rotatable bonds is 3. The lowest BCUT2D eigenvalue weighted by molar-refractivity contribution is 1.14. The van der Waals surface area contributed by atoms with Crippen molar-refractivity contribution in [1.82, 2.24) is 9.97 Å². The largest absolute Gasteiger partial charge is 0.377 e. The number of nitrogens with zero attached hydrogens (tertiary/aromatic N) is 3. The van der Waals surface area contributed by atoms with Crippen LogP contribution in [0.2, 0.25) is 0 Å². The molecule has 0 unspecified atom stereocenters. The van der Waals surface area contributed by atoms with E-state index in [4.69, 9.17) is 0 Å². The van der Waals surface area contributed by atoms with Crippen LogP contribution in [0, 0.1) is 0 Å². The maximum atomic E-state index is 4.44. The lowest BCUT2D eigenvalue weighted by Crippen LogP contribution is -2.09. The van der Waals surface area contributed by atoms with Crippen molar-refractivity contribution in [2.45, 2.75) is 0 Å². The Kier molecular flexibility index (Phi) is 3.21. The summed E-state index contributed by atoms with van der Waals surface area (Å²) in [6, 6.07) is 14.0. The highest BCUT2D eigenvalue weighted by molar-refractivity contribution is 5.93. The van der Waals surface area contributed by atoms with Gasteiger partial charge in [0.2, 0.25) is 0 Å². The maximum absolute atomic E-state index is 4.44. The van der Waals surface area contributed by atoms with Crippen LogP contribution in [0.25, 0.3) is 10.9 Å². The fourth-order valence-corrected chi connectivity index (χ4v) is 2.19. The van der Waals surface area contributed by atoms with Gasteiger partial charge in [-0.15, -0.1) is 0 Å². The monoisotopic (exact) mass is 264 g/mol. The first-order chi connectivity index (χ1) is 9.74. The summed E-state index contributed by atoms with van der Waals surface area (Å²) in [5.41, 5.74) is 3.12. The predicted molar refractivity (Wildman–Crippen MR) is 83.6 cm³/mol. The Hall–Kier alpha value is -2.62. The molecule has 4 nitrogen and oxygen atoms in total. The van der Waals surface area contributed by atoms with E-state index in [1.165, 1.54) is 5.69 Å². The van der Waals surface area contributed by atoms with Crippen LogP contribution in [-0.4, -0.2) is 24.1 Å². The number of benzene rings is 1. The molecular weight excluding hydrogens is 248 g/mol. The fraction of sp³-hybridized carbons (Fsp3) is 0.125. The molecule has 1 N–H and O–H groups in total. The van der Waals surface area contributed by atoms with E-state index in [1.54, 1.807) is 6.20 Å². The van der Waals surface area contributed by atoms with E-state index >= 15 is 0 Å². The highest BCUT2D eigenvalue weighted by atomic mass is 15.1. The molecule has 0 spiro atoms. The molecule has 2 heterocycles. The molecule has 1 aromatic carbocycles. The molecular formula is C16H16N4. The van der Waals surface area contributed by atoms with E-state index in [9.17, 15) is 0 Å². The number of anilines is 3. The van der Waals surface area contributed by atoms with Crippen molar-refractivity contribution >= 4 is 28.1 Å². The molecule has 0 aliphatic carbocycles. The lowest BCUT2D eigenvalue weighted by atomic mass is 10.1. The van der Waals surface area contributed by atoms with E-state index in [1.807, 2.05) is 56.7 Å². The minimum Gasteiger partial charge on any atom is -0.377 e. The maximum Gasteiger partial charge on any atom is 0.130 e. The fourth-order valence-electron chi connectivity index (χ4n) is 2.19. The molecule has 0 bridgehead atoms. The van der Waals surface area contributed by atoms with Gasteiger partial charge in [-0.1, -0.05) is 6.07 Å². The molecule has 0 amide bonds. The zero-order valence-corrected chi connectivity index (χ0v) is 11.5. The minimum absolute atomic E-state index is 0.829. The summed E-state index contributed by atoms with van der Waals surface area (Å²) < 4.78 is 0. The quantitative estimate of drug-likeness (QED) is 0.786. The second-order valence-corrected chi connectivity index (χ2v) is 4.80. The van der Waals surface area contributed by atoms with Gasteiger partial charge >= 0.3 is 0 Å². The van der Waals surface area contributed by atoms with Gasteiger partial charge in [-0.25, -0.2) is 4.98 Å². The number of nitrogens with one attached hydrogen (secondary N) is 1. The molecule has 0 fully saturated rings. The molecule has 0 radical (unpaired) electrons. The normalized spacial score (nSPS) is 10.5. The first-order valence-corrected chi connectivity index (χ1v) is 6.48. The highest BCUT2D eigenvalue weighted by Gasteiger charge is 2.05. The van der Waals surface area contributed by atoms with Gasteiger partial charge in [-0.2, -0.15) is 0 Å². The molecule has 0 saturated carbocycles. The molecule has 4 heteroatoms. The Labute approximate surface area is 118 Å². The van der Waals surface area contributed by atoms with E-state index < -0.39 is 0 Å². The SMILES string of the molecule is CN(C)c1ccnc2cc(Nc3ccccn3)ccc12. The highest BCUT2D eigenvalue weighted by Crippen LogP contribution is 2.26. The van der Waals surface area contributed by atoms with Gasteiger partial charge in [-0.05, 0) is 36.4 Å². The number of aromatic nitrogens is 2. The smallest absolute Gasteiger partial charge is 0.130 e. The molecule has 0 atom stereocenters. The number of hydrogen-bond acceptors (Lipinski definition) is 4. The summed E-state index contributed by atoms with van der Waals surface area (Å²) in [7, 11) is 4.07. The van der Waals surface area contributed by atoms with E-state index in [0.29, 0.717) is 0 Å². The standard InChI is InChI=1S/C16H16N4/c1-20(2)15-8-10-17-14-11-12(6-7-13(14)15)19-16-5-3-4-9-18-16/h3-11H,1-2H3,(H,18,19). The van der Waals surface area contributed by atoms with Crippen molar-refractivity contribution in [3.63, 3.8) is 0 Å². The van der Waals surface area contributed by atoms with Crippen LogP contribution in [0.15, 0.2) is 54.9 Å².